The fraction of sp³-hybridized carbons (Fsp3) is 0.900. The van der Waals surface area contributed by atoms with E-state index in [9.17, 15) is 10.2 Å². The van der Waals surface area contributed by atoms with Gasteiger partial charge in [-0.25, -0.2) is 0 Å². The Kier molecular flexibility index (Phi) is 4.23. The van der Waals surface area contributed by atoms with E-state index in [2.05, 4.69) is 32.9 Å². The van der Waals surface area contributed by atoms with Gasteiger partial charge in [-0.3, -0.25) is 0 Å². The van der Waals surface area contributed by atoms with Gasteiger partial charge in [0.2, 0.25) is 0 Å². The van der Waals surface area contributed by atoms with Crippen molar-refractivity contribution in [2.45, 2.75) is 90.1 Å². The minimum absolute atomic E-state index is 0.0338. The van der Waals surface area contributed by atoms with Crippen molar-refractivity contribution in [1.82, 2.24) is 0 Å². The molecule has 1 heterocycles. The van der Waals surface area contributed by atoms with Crippen molar-refractivity contribution in [1.29, 1.82) is 0 Å². The Balaban J connectivity index is 1.92. The summed E-state index contributed by atoms with van der Waals surface area (Å²) >= 11 is 0. The molecule has 0 aromatic rings. The zero-order valence-electron chi connectivity index (χ0n) is 15.4. The lowest BCUT2D eigenvalue weighted by Gasteiger charge is -2.40. The van der Waals surface area contributed by atoms with Crippen LogP contribution in [0.25, 0.3) is 0 Å². The Hall–Kier alpha value is -0.380. The third kappa shape index (κ3) is 3.25. The summed E-state index contributed by atoms with van der Waals surface area (Å²) in [5.74, 6) is 0.760. The van der Waals surface area contributed by atoms with Gasteiger partial charge in [0.05, 0.1) is 23.4 Å². The molecule has 3 nitrogen and oxygen atoms in total. The lowest BCUT2D eigenvalue weighted by Crippen LogP contribution is -2.43. The molecule has 0 aromatic heterocycles. The first-order valence-corrected chi connectivity index (χ1v) is 9.33. The molecule has 3 aliphatic rings. The predicted octanol–water partition coefficient (Wildman–Crippen LogP) is 3.68. The maximum Gasteiger partial charge on any atom is 0.0921 e. The van der Waals surface area contributed by atoms with Gasteiger partial charge in [-0.15, -0.1) is 0 Å². The molecule has 1 saturated heterocycles. The molecule has 3 rings (SSSR count). The summed E-state index contributed by atoms with van der Waals surface area (Å²) in [4.78, 5) is 0. The molecule has 23 heavy (non-hydrogen) atoms. The average molecular weight is 322 g/mol. The smallest absolute Gasteiger partial charge is 0.0921 e. The number of ether oxygens (including phenoxy) is 1. The van der Waals surface area contributed by atoms with Crippen molar-refractivity contribution < 1.29 is 14.9 Å². The Morgan fingerprint density at radius 3 is 2.52 bits per heavy atom. The van der Waals surface area contributed by atoms with Crippen LogP contribution in [0.2, 0.25) is 0 Å². The molecule has 0 unspecified atom stereocenters. The number of hydrogen-bond donors (Lipinski definition) is 2. The summed E-state index contributed by atoms with van der Waals surface area (Å²) in [5.41, 5.74) is -0.836. The van der Waals surface area contributed by atoms with Crippen LogP contribution >= 0.6 is 0 Å². The summed E-state index contributed by atoms with van der Waals surface area (Å²) in [7, 11) is 0. The Morgan fingerprint density at radius 1 is 1.17 bits per heavy atom. The topological polar surface area (TPSA) is 53.0 Å². The van der Waals surface area contributed by atoms with Crippen LogP contribution < -0.4 is 0 Å². The van der Waals surface area contributed by atoms with E-state index in [1.54, 1.807) is 0 Å². The van der Waals surface area contributed by atoms with E-state index >= 15 is 0 Å². The first-order chi connectivity index (χ1) is 10.6. The second kappa shape index (κ2) is 5.57. The second-order valence-corrected chi connectivity index (χ2v) is 9.43. The number of rotatable bonds is 1. The van der Waals surface area contributed by atoms with Gasteiger partial charge in [0.25, 0.3) is 0 Å². The summed E-state index contributed by atoms with van der Waals surface area (Å²) in [5, 5.41) is 21.7. The maximum atomic E-state index is 11.0. The van der Waals surface area contributed by atoms with E-state index in [0.717, 1.165) is 25.7 Å². The molecule has 1 saturated carbocycles. The molecule has 0 radical (unpaired) electrons. The number of aliphatic hydroxyl groups excluding tert-OH is 1. The number of fused-ring (bicyclic) bond motifs is 2. The highest BCUT2D eigenvalue weighted by Crippen LogP contribution is 2.55. The Bertz CT molecular complexity index is 480. The molecule has 132 valence electrons. The normalized spacial score (nSPS) is 52.2. The van der Waals surface area contributed by atoms with E-state index < -0.39 is 11.7 Å². The van der Waals surface area contributed by atoms with Gasteiger partial charge in [-0.2, -0.15) is 0 Å². The van der Waals surface area contributed by atoms with Crippen LogP contribution in [0.5, 0.6) is 0 Å². The molecule has 2 aliphatic carbocycles. The third-order valence-corrected chi connectivity index (χ3v) is 6.90. The van der Waals surface area contributed by atoms with Crippen LogP contribution in [0.4, 0.5) is 0 Å². The molecule has 2 fully saturated rings. The molecule has 2 N–H and O–H groups in total. The van der Waals surface area contributed by atoms with Crippen LogP contribution in [-0.4, -0.2) is 33.6 Å². The molecule has 1 aliphatic heterocycles. The third-order valence-electron chi connectivity index (χ3n) is 6.90. The van der Waals surface area contributed by atoms with E-state index in [1.807, 2.05) is 13.8 Å². The summed E-state index contributed by atoms with van der Waals surface area (Å²) in [6.45, 7) is 10.5. The number of epoxide rings is 1. The van der Waals surface area contributed by atoms with Gasteiger partial charge in [-0.1, -0.05) is 26.0 Å². The molecular formula is C20H34O3. The van der Waals surface area contributed by atoms with Crippen molar-refractivity contribution in [3.8, 4) is 0 Å². The van der Waals surface area contributed by atoms with Gasteiger partial charge < -0.3 is 14.9 Å². The van der Waals surface area contributed by atoms with Gasteiger partial charge in [0.1, 0.15) is 0 Å². The highest BCUT2D eigenvalue weighted by molar-refractivity contribution is 5.13. The molecular weight excluding hydrogens is 288 g/mol. The monoisotopic (exact) mass is 322 g/mol. The van der Waals surface area contributed by atoms with Crippen LogP contribution in [0, 0.1) is 23.2 Å². The Labute approximate surface area is 141 Å². The van der Waals surface area contributed by atoms with Crippen molar-refractivity contribution in [2.75, 3.05) is 0 Å². The van der Waals surface area contributed by atoms with E-state index in [-0.39, 0.29) is 29.0 Å². The minimum atomic E-state index is -0.753. The maximum absolute atomic E-state index is 11.0. The van der Waals surface area contributed by atoms with E-state index in [1.165, 1.54) is 0 Å². The molecule has 0 amide bonds. The van der Waals surface area contributed by atoms with Gasteiger partial charge in [0.15, 0.2) is 0 Å². The zero-order chi connectivity index (χ0) is 17.0. The van der Waals surface area contributed by atoms with Crippen LogP contribution in [0.15, 0.2) is 12.2 Å². The molecule has 0 spiro atoms. The van der Waals surface area contributed by atoms with Crippen molar-refractivity contribution in [3.63, 3.8) is 0 Å². The van der Waals surface area contributed by atoms with Gasteiger partial charge in [0, 0.05) is 6.42 Å². The quantitative estimate of drug-likeness (QED) is 0.572. The first kappa shape index (κ1) is 17.4. The van der Waals surface area contributed by atoms with Crippen molar-refractivity contribution in [3.05, 3.63) is 12.2 Å². The summed E-state index contributed by atoms with van der Waals surface area (Å²) in [6.07, 6.45) is 9.35. The summed E-state index contributed by atoms with van der Waals surface area (Å²) < 4.78 is 5.95. The molecule has 7 atom stereocenters. The SMILES string of the molecule is C[C@@H]1/C=C/[C@]2(C)CC[C@H](C(C)(C)O)[C@H]2[C@H](O)C[C@@H]2O[C@]2(C)CC1. The van der Waals surface area contributed by atoms with E-state index in [4.69, 9.17) is 4.74 Å². The molecule has 3 heteroatoms. The first-order valence-electron chi connectivity index (χ1n) is 9.33. The molecule has 0 aromatic carbocycles. The van der Waals surface area contributed by atoms with Crippen LogP contribution in [0.1, 0.15) is 66.7 Å². The van der Waals surface area contributed by atoms with Crippen molar-refractivity contribution >= 4 is 0 Å². The fourth-order valence-electron chi connectivity index (χ4n) is 5.14. The van der Waals surface area contributed by atoms with Gasteiger partial charge in [-0.05, 0) is 69.6 Å². The zero-order valence-corrected chi connectivity index (χ0v) is 15.4. The minimum Gasteiger partial charge on any atom is -0.393 e. The molecule has 0 bridgehead atoms. The highest BCUT2D eigenvalue weighted by atomic mass is 16.6. The number of aliphatic hydroxyl groups is 2. The van der Waals surface area contributed by atoms with Crippen LogP contribution in [0.3, 0.4) is 0 Å². The highest BCUT2D eigenvalue weighted by Gasteiger charge is 2.57. The standard InChI is InChI=1S/C20H34O3/c1-13-6-9-19(4)10-8-14(18(2,3)22)17(19)15(21)12-16-20(5,23-16)11-7-13/h6,9,13-17,21-22H,7-8,10-12H2,1-5H3/b9-6+/t13-,14+,15-,16+,17+,19-,20-/m1/s1. The van der Waals surface area contributed by atoms with Crippen molar-refractivity contribution in [2.24, 2.45) is 23.2 Å². The Morgan fingerprint density at radius 2 is 1.87 bits per heavy atom. The number of hydrogen-bond acceptors (Lipinski definition) is 3. The number of allylic oxidation sites excluding steroid dienone is 2. The lowest BCUT2D eigenvalue weighted by molar-refractivity contribution is -0.0547. The largest absolute Gasteiger partial charge is 0.393 e. The second-order valence-electron chi connectivity index (χ2n) is 9.43. The lowest BCUT2D eigenvalue weighted by atomic mass is 9.68. The van der Waals surface area contributed by atoms with Crippen LogP contribution in [-0.2, 0) is 4.74 Å². The predicted molar refractivity (Wildman–Crippen MR) is 92.1 cm³/mol. The fourth-order valence-corrected chi connectivity index (χ4v) is 5.14. The van der Waals surface area contributed by atoms with Gasteiger partial charge >= 0.3 is 0 Å². The summed E-state index contributed by atoms with van der Waals surface area (Å²) in [6, 6.07) is 0. The van der Waals surface area contributed by atoms with E-state index in [0.29, 0.717) is 12.3 Å². The average Bonchev–Trinajstić information content (AvgIpc) is 2.91.